The van der Waals surface area contributed by atoms with Crippen LogP contribution < -0.4 is 14.8 Å². The first-order valence-corrected chi connectivity index (χ1v) is 7.90. The van der Waals surface area contributed by atoms with Crippen molar-refractivity contribution in [2.45, 2.75) is 46.7 Å². The van der Waals surface area contributed by atoms with Crippen molar-refractivity contribution >= 4 is 15.9 Å². The second-order valence-electron chi connectivity index (χ2n) is 6.31. The van der Waals surface area contributed by atoms with Crippen LogP contribution in [0.3, 0.4) is 0 Å². The molecule has 3 nitrogen and oxygen atoms in total. The van der Waals surface area contributed by atoms with E-state index >= 15 is 0 Å². The van der Waals surface area contributed by atoms with Crippen molar-refractivity contribution in [3.05, 3.63) is 33.8 Å². The average Bonchev–Trinajstić information content (AvgIpc) is 2.37. The minimum Gasteiger partial charge on any atom is -0.493 e. The Labute approximate surface area is 136 Å². The van der Waals surface area contributed by atoms with Crippen molar-refractivity contribution in [1.29, 1.82) is 0 Å². The van der Waals surface area contributed by atoms with Gasteiger partial charge in [0.2, 0.25) is 0 Å². The summed E-state index contributed by atoms with van der Waals surface area (Å²) in [6, 6.07) is 4.08. The van der Waals surface area contributed by atoms with Gasteiger partial charge in [-0.1, -0.05) is 5.57 Å². The standard InChI is InChI=1S/C17H26BrNO2/c1-12(2)7-8-21-16-14(18)9-13(10-15(16)20-6)11-19-17(3,4)5/h7,9-10,19H,8,11H2,1-6H3. The molecule has 0 unspecified atom stereocenters. The molecule has 0 saturated carbocycles. The van der Waals surface area contributed by atoms with Gasteiger partial charge < -0.3 is 14.8 Å². The fourth-order valence-corrected chi connectivity index (χ4v) is 2.28. The van der Waals surface area contributed by atoms with Gasteiger partial charge in [0.1, 0.15) is 6.61 Å². The lowest BCUT2D eigenvalue weighted by atomic mass is 10.1. The lowest BCUT2D eigenvalue weighted by Gasteiger charge is -2.21. The number of hydrogen-bond acceptors (Lipinski definition) is 3. The van der Waals surface area contributed by atoms with Crippen molar-refractivity contribution in [3.8, 4) is 11.5 Å². The maximum Gasteiger partial charge on any atom is 0.175 e. The Morgan fingerprint density at radius 2 is 1.95 bits per heavy atom. The van der Waals surface area contributed by atoms with Crippen molar-refractivity contribution in [2.24, 2.45) is 0 Å². The van der Waals surface area contributed by atoms with E-state index in [9.17, 15) is 0 Å². The SMILES string of the molecule is COc1cc(CNC(C)(C)C)cc(Br)c1OCC=C(C)C. The number of rotatable bonds is 6. The van der Waals surface area contributed by atoms with Gasteiger partial charge in [-0.25, -0.2) is 0 Å². The first-order valence-electron chi connectivity index (χ1n) is 7.10. The summed E-state index contributed by atoms with van der Waals surface area (Å²) >= 11 is 3.57. The molecule has 4 heteroatoms. The van der Waals surface area contributed by atoms with Crippen LogP contribution in [0.2, 0.25) is 0 Å². The van der Waals surface area contributed by atoms with E-state index in [1.165, 1.54) is 5.57 Å². The summed E-state index contributed by atoms with van der Waals surface area (Å²) in [6.45, 7) is 11.9. The van der Waals surface area contributed by atoms with Crippen molar-refractivity contribution in [2.75, 3.05) is 13.7 Å². The molecule has 21 heavy (non-hydrogen) atoms. The van der Waals surface area contributed by atoms with Crippen LogP contribution in [0.5, 0.6) is 11.5 Å². The third-order valence-corrected chi connectivity index (χ3v) is 3.42. The largest absolute Gasteiger partial charge is 0.493 e. The third-order valence-electron chi connectivity index (χ3n) is 2.83. The van der Waals surface area contributed by atoms with Gasteiger partial charge in [-0.2, -0.15) is 0 Å². The van der Waals surface area contributed by atoms with Crippen LogP contribution in [0.4, 0.5) is 0 Å². The van der Waals surface area contributed by atoms with Gasteiger partial charge in [-0.05, 0) is 74.3 Å². The Bertz CT molecular complexity index is 500. The predicted octanol–water partition coefficient (Wildman–Crippen LogP) is 4.69. The fraction of sp³-hybridized carbons (Fsp3) is 0.529. The molecule has 0 heterocycles. The highest BCUT2D eigenvalue weighted by Crippen LogP contribution is 2.36. The van der Waals surface area contributed by atoms with E-state index in [0.717, 1.165) is 28.1 Å². The topological polar surface area (TPSA) is 30.5 Å². The molecule has 0 atom stereocenters. The molecule has 1 N–H and O–H groups in total. The molecule has 0 spiro atoms. The zero-order valence-corrected chi connectivity index (χ0v) is 15.4. The molecule has 118 valence electrons. The number of hydrogen-bond donors (Lipinski definition) is 1. The minimum atomic E-state index is 0.0817. The summed E-state index contributed by atoms with van der Waals surface area (Å²) in [6.07, 6.45) is 2.04. The minimum absolute atomic E-state index is 0.0817. The Hall–Kier alpha value is -1.00. The summed E-state index contributed by atoms with van der Waals surface area (Å²) < 4.78 is 12.2. The summed E-state index contributed by atoms with van der Waals surface area (Å²) in [4.78, 5) is 0. The number of halogens is 1. The normalized spacial score (nSPS) is 11.2. The molecule has 0 fully saturated rings. The molecule has 0 aliphatic rings. The monoisotopic (exact) mass is 355 g/mol. The van der Waals surface area contributed by atoms with Crippen LogP contribution in [0, 0.1) is 0 Å². The summed E-state index contributed by atoms with van der Waals surface area (Å²) in [7, 11) is 1.66. The van der Waals surface area contributed by atoms with Gasteiger partial charge in [0.15, 0.2) is 11.5 Å². The van der Waals surface area contributed by atoms with Gasteiger partial charge in [0.05, 0.1) is 11.6 Å². The molecule has 0 bridgehead atoms. The number of methoxy groups -OCH3 is 1. The predicted molar refractivity (Wildman–Crippen MR) is 92.2 cm³/mol. The zero-order chi connectivity index (χ0) is 16.0. The average molecular weight is 356 g/mol. The molecule has 1 aromatic rings. The molecule has 0 saturated heterocycles. The van der Waals surface area contributed by atoms with E-state index < -0.39 is 0 Å². The van der Waals surface area contributed by atoms with E-state index in [-0.39, 0.29) is 5.54 Å². The molecule has 1 aromatic carbocycles. The van der Waals surface area contributed by atoms with Crippen molar-refractivity contribution in [3.63, 3.8) is 0 Å². The second-order valence-corrected chi connectivity index (χ2v) is 7.16. The van der Waals surface area contributed by atoms with E-state index in [1.54, 1.807) is 7.11 Å². The smallest absolute Gasteiger partial charge is 0.175 e. The molecule has 0 aliphatic heterocycles. The van der Waals surface area contributed by atoms with Gasteiger partial charge in [-0.15, -0.1) is 0 Å². The second kappa shape index (κ2) is 7.85. The first kappa shape index (κ1) is 18.1. The van der Waals surface area contributed by atoms with Crippen LogP contribution in [0.25, 0.3) is 0 Å². The Kier molecular flexibility index (Phi) is 6.75. The number of nitrogens with one attached hydrogen (secondary N) is 1. The molecule has 0 aromatic heterocycles. The zero-order valence-electron chi connectivity index (χ0n) is 13.8. The molecule has 1 rings (SSSR count). The van der Waals surface area contributed by atoms with E-state index in [4.69, 9.17) is 9.47 Å². The first-order chi connectivity index (χ1) is 9.73. The molecule has 0 radical (unpaired) electrons. The van der Waals surface area contributed by atoms with Gasteiger partial charge >= 0.3 is 0 Å². The highest BCUT2D eigenvalue weighted by atomic mass is 79.9. The summed E-state index contributed by atoms with van der Waals surface area (Å²) in [5.74, 6) is 1.49. The van der Waals surface area contributed by atoms with Crippen LogP contribution in [0.15, 0.2) is 28.3 Å². The van der Waals surface area contributed by atoms with Crippen molar-refractivity contribution in [1.82, 2.24) is 5.32 Å². The highest BCUT2D eigenvalue weighted by molar-refractivity contribution is 9.10. The molecule has 0 amide bonds. The van der Waals surface area contributed by atoms with Gasteiger partial charge in [0, 0.05) is 12.1 Å². The molecular weight excluding hydrogens is 330 g/mol. The molecular formula is C17H26BrNO2. The van der Waals surface area contributed by atoms with E-state index in [0.29, 0.717) is 6.61 Å². The van der Waals surface area contributed by atoms with E-state index in [2.05, 4.69) is 61.9 Å². The van der Waals surface area contributed by atoms with Gasteiger partial charge in [-0.3, -0.25) is 0 Å². The summed E-state index contributed by atoms with van der Waals surface area (Å²) in [5, 5.41) is 3.47. The lowest BCUT2D eigenvalue weighted by Crippen LogP contribution is -2.35. The fourth-order valence-electron chi connectivity index (χ4n) is 1.67. The maximum atomic E-state index is 5.80. The van der Waals surface area contributed by atoms with E-state index in [1.807, 2.05) is 12.1 Å². The van der Waals surface area contributed by atoms with Crippen molar-refractivity contribution < 1.29 is 9.47 Å². The van der Waals surface area contributed by atoms with Crippen LogP contribution in [-0.4, -0.2) is 19.3 Å². The quantitative estimate of drug-likeness (QED) is 0.750. The third kappa shape index (κ3) is 6.53. The Morgan fingerprint density at radius 3 is 2.48 bits per heavy atom. The van der Waals surface area contributed by atoms with Crippen LogP contribution >= 0.6 is 15.9 Å². The number of allylic oxidation sites excluding steroid dienone is 1. The van der Waals surface area contributed by atoms with Crippen LogP contribution in [-0.2, 0) is 6.54 Å². The highest BCUT2D eigenvalue weighted by Gasteiger charge is 2.13. The van der Waals surface area contributed by atoms with Gasteiger partial charge in [0.25, 0.3) is 0 Å². The number of benzene rings is 1. The Morgan fingerprint density at radius 1 is 1.29 bits per heavy atom. The number of ether oxygens (including phenoxy) is 2. The van der Waals surface area contributed by atoms with Crippen LogP contribution in [0.1, 0.15) is 40.2 Å². The Balaban J connectivity index is 2.89. The molecule has 0 aliphatic carbocycles. The maximum absolute atomic E-state index is 5.80. The summed E-state index contributed by atoms with van der Waals surface area (Å²) in [5.41, 5.74) is 2.47. The lowest BCUT2D eigenvalue weighted by molar-refractivity contribution is 0.323.